The smallest absolute Gasteiger partial charge is 0.274 e. The number of β-amino-alcohol motifs (C(OH)–C–C–N with tert-alkyl or cyclic N) is 1. The van der Waals surface area contributed by atoms with Gasteiger partial charge in [0.25, 0.3) is 5.91 Å². The van der Waals surface area contributed by atoms with Gasteiger partial charge in [-0.05, 0) is 25.0 Å². The molecule has 3 heterocycles. The number of carbonyl (C=O) groups is 1. The molecule has 0 bridgehead atoms. The van der Waals surface area contributed by atoms with Gasteiger partial charge in [0.15, 0.2) is 0 Å². The Kier molecular flexibility index (Phi) is 4.98. The molecule has 25 heavy (non-hydrogen) atoms. The van der Waals surface area contributed by atoms with Crippen LogP contribution in [0, 0.1) is 0 Å². The molecule has 1 amide bonds. The number of amides is 1. The summed E-state index contributed by atoms with van der Waals surface area (Å²) >= 11 is 0. The molecule has 0 aromatic carbocycles. The van der Waals surface area contributed by atoms with E-state index in [1.165, 1.54) is 4.90 Å². The fourth-order valence-corrected chi connectivity index (χ4v) is 3.15. The molecule has 1 unspecified atom stereocenters. The van der Waals surface area contributed by atoms with Crippen LogP contribution in [-0.4, -0.2) is 67.9 Å². The second-order valence-corrected chi connectivity index (χ2v) is 6.57. The predicted octanol–water partition coefficient (Wildman–Crippen LogP) is 0.796. The van der Waals surface area contributed by atoms with Gasteiger partial charge >= 0.3 is 0 Å². The van der Waals surface area contributed by atoms with Gasteiger partial charge in [-0.2, -0.15) is 5.10 Å². The topological polar surface area (TPSA) is 87.4 Å². The van der Waals surface area contributed by atoms with Gasteiger partial charge < -0.3 is 14.9 Å². The number of likely N-dealkylation sites (N-methyl/N-ethyl adjacent to an activating group) is 1. The maximum Gasteiger partial charge on any atom is 0.274 e. The SMILES string of the molecule is CCCn1ccc(C(=O)N(C)CC2(O)CCN(c3ncccn3)C2)n1. The van der Waals surface area contributed by atoms with Crippen molar-refractivity contribution in [3.05, 3.63) is 36.4 Å². The molecule has 0 spiro atoms. The standard InChI is InChI=1S/C17H24N6O2/c1-3-9-23-10-5-14(20-23)15(24)21(2)12-17(25)6-11-22(13-17)16-18-7-4-8-19-16/h4-5,7-8,10,25H,3,6,9,11-13H2,1-2H3. The van der Waals surface area contributed by atoms with E-state index < -0.39 is 5.60 Å². The molecule has 3 rings (SSSR count). The molecule has 2 aromatic rings. The molecular formula is C17H24N6O2. The highest BCUT2D eigenvalue weighted by Crippen LogP contribution is 2.25. The van der Waals surface area contributed by atoms with E-state index in [0.29, 0.717) is 31.2 Å². The Morgan fingerprint density at radius 2 is 2.16 bits per heavy atom. The van der Waals surface area contributed by atoms with Crippen molar-refractivity contribution < 1.29 is 9.90 Å². The summed E-state index contributed by atoms with van der Waals surface area (Å²) in [4.78, 5) is 24.5. The first kappa shape index (κ1) is 17.3. The zero-order chi connectivity index (χ0) is 17.9. The molecule has 1 aliphatic heterocycles. The van der Waals surface area contributed by atoms with Crippen molar-refractivity contribution in [2.24, 2.45) is 0 Å². The van der Waals surface area contributed by atoms with Crippen LogP contribution in [0.15, 0.2) is 30.7 Å². The summed E-state index contributed by atoms with van der Waals surface area (Å²) in [6.07, 6.45) is 6.70. The highest BCUT2D eigenvalue weighted by molar-refractivity contribution is 5.92. The van der Waals surface area contributed by atoms with Crippen molar-refractivity contribution in [3.8, 4) is 0 Å². The summed E-state index contributed by atoms with van der Waals surface area (Å²) < 4.78 is 1.76. The summed E-state index contributed by atoms with van der Waals surface area (Å²) in [7, 11) is 1.70. The summed E-state index contributed by atoms with van der Waals surface area (Å²) in [6, 6.07) is 3.48. The molecule has 8 nitrogen and oxygen atoms in total. The maximum atomic E-state index is 12.5. The van der Waals surface area contributed by atoms with E-state index in [1.807, 2.05) is 11.1 Å². The lowest BCUT2D eigenvalue weighted by molar-refractivity contribution is 0.0261. The number of aryl methyl sites for hydroxylation is 1. The van der Waals surface area contributed by atoms with E-state index in [-0.39, 0.29) is 12.5 Å². The van der Waals surface area contributed by atoms with Crippen molar-refractivity contribution in [3.63, 3.8) is 0 Å². The molecule has 0 radical (unpaired) electrons. The van der Waals surface area contributed by atoms with Gasteiger partial charge in [-0.1, -0.05) is 6.92 Å². The molecule has 1 aliphatic rings. The number of hydrogen-bond acceptors (Lipinski definition) is 6. The van der Waals surface area contributed by atoms with Gasteiger partial charge in [0.2, 0.25) is 5.95 Å². The van der Waals surface area contributed by atoms with Gasteiger partial charge in [0.1, 0.15) is 11.3 Å². The quantitative estimate of drug-likeness (QED) is 0.834. The van der Waals surface area contributed by atoms with Crippen LogP contribution < -0.4 is 4.90 Å². The average Bonchev–Trinajstić information content (AvgIpc) is 3.22. The second-order valence-electron chi connectivity index (χ2n) is 6.57. The molecule has 2 aromatic heterocycles. The van der Waals surface area contributed by atoms with Crippen molar-refractivity contribution >= 4 is 11.9 Å². The van der Waals surface area contributed by atoms with Gasteiger partial charge in [-0.25, -0.2) is 9.97 Å². The van der Waals surface area contributed by atoms with Crippen molar-refractivity contribution in [1.29, 1.82) is 0 Å². The van der Waals surface area contributed by atoms with Crippen LogP contribution in [0.5, 0.6) is 0 Å². The van der Waals surface area contributed by atoms with E-state index in [4.69, 9.17) is 0 Å². The number of rotatable bonds is 6. The first-order valence-electron chi connectivity index (χ1n) is 8.54. The van der Waals surface area contributed by atoms with Gasteiger partial charge in [-0.3, -0.25) is 9.48 Å². The highest BCUT2D eigenvalue weighted by Gasteiger charge is 2.39. The lowest BCUT2D eigenvalue weighted by Gasteiger charge is -2.28. The third kappa shape index (κ3) is 3.96. The van der Waals surface area contributed by atoms with Crippen LogP contribution in [0.3, 0.4) is 0 Å². The number of nitrogens with zero attached hydrogens (tertiary/aromatic N) is 6. The zero-order valence-corrected chi connectivity index (χ0v) is 14.7. The zero-order valence-electron chi connectivity index (χ0n) is 14.7. The Morgan fingerprint density at radius 3 is 2.88 bits per heavy atom. The summed E-state index contributed by atoms with van der Waals surface area (Å²) in [6.45, 7) is 4.16. The van der Waals surface area contributed by atoms with Gasteiger partial charge in [-0.15, -0.1) is 0 Å². The lowest BCUT2D eigenvalue weighted by atomic mass is 10.0. The summed E-state index contributed by atoms with van der Waals surface area (Å²) in [5, 5.41) is 15.2. The van der Waals surface area contributed by atoms with Gasteiger partial charge in [0, 0.05) is 38.7 Å². The Bertz CT molecular complexity index is 719. The first-order valence-corrected chi connectivity index (χ1v) is 8.54. The minimum absolute atomic E-state index is 0.183. The third-order valence-corrected chi connectivity index (χ3v) is 4.36. The number of anilines is 1. The Balaban J connectivity index is 1.61. The lowest BCUT2D eigenvalue weighted by Crippen LogP contribution is -2.46. The molecule has 1 saturated heterocycles. The Labute approximate surface area is 147 Å². The highest BCUT2D eigenvalue weighted by atomic mass is 16.3. The number of hydrogen-bond donors (Lipinski definition) is 1. The molecule has 0 aliphatic carbocycles. The number of aromatic nitrogens is 4. The normalized spacial score (nSPS) is 20.0. The summed E-state index contributed by atoms with van der Waals surface area (Å²) in [5.74, 6) is 0.420. The molecule has 134 valence electrons. The number of carbonyl (C=O) groups excluding carboxylic acids is 1. The Morgan fingerprint density at radius 1 is 1.40 bits per heavy atom. The van der Waals surface area contributed by atoms with E-state index in [0.717, 1.165) is 13.0 Å². The molecule has 8 heteroatoms. The van der Waals surface area contributed by atoms with Crippen molar-refractivity contribution in [2.75, 3.05) is 31.6 Å². The van der Waals surface area contributed by atoms with E-state index in [9.17, 15) is 9.90 Å². The van der Waals surface area contributed by atoms with Gasteiger partial charge in [0.05, 0.1) is 13.1 Å². The van der Waals surface area contributed by atoms with Crippen LogP contribution in [0.4, 0.5) is 5.95 Å². The van der Waals surface area contributed by atoms with E-state index in [1.54, 1.807) is 36.3 Å². The molecule has 1 atom stereocenters. The fraction of sp³-hybridized carbons (Fsp3) is 0.529. The minimum Gasteiger partial charge on any atom is -0.386 e. The molecule has 1 N–H and O–H groups in total. The van der Waals surface area contributed by atoms with Crippen LogP contribution in [-0.2, 0) is 6.54 Å². The van der Waals surface area contributed by atoms with Crippen molar-refractivity contribution in [1.82, 2.24) is 24.6 Å². The molecular weight excluding hydrogens is 320 g/mol. The third-order valence-electron chi connectivity index (χ3n) is 4.36. The molecule has 0 saturated carbocycles. The van der Waals surface area contributed by atoms with E-state index >= 15 is 0 Å². The first-order chi connectivity index (χ1) is 12.0. The van der Waals surface area contributed by atoms with Crippen LogP contribution in [0.25, 0.3) is 0 Å². The average molecular weight is 344 g/mol. The van der Waals surface area contributed by atoms with Crippen LogP contribution in [0.2, 0.25) is 0 Å². The largest absolute Gasteiger partial charge is 0.386 e. The number of aliphatic hydroxyl groups is 1. The van der Waals surface area contributed by atoms with E-state index in [2.05, 4.69) is 22.0 Å². The monoisotopic (exact) mass is 344 g/mol. The summed E-state index contributed by atoms with van der Waals surface area (Å²) in [5.41, 5.74) is -0.573. The van der Waals surface area contributed by atoms with Crippen LogP contribution >= 0.6 is 0 Å². The minimum atomic E-state index is -0.977. The Hall–Kier alpha value is -2.48. The van der Waals surface area contributed by atoms with Crippen LogP contribution in [0.1, 0.15) is 30.3 Å². The molecule has 1 fully saturated rings. The predicted molar refractivity (Wildman–Crippen MR) is 93.3 cm³/mol. The fourth-order valence-electron chi connectivity index (χ4n) is 3.15. The van der Waals surface area contributed by atoms with Crippen molar-refractivity contribution in [2.45, 2.75) is 31.9 Å². The maximum absolute atomic E-state index is 12.5. The second kappa shape index (κ2) is 7.18.